The van der Waals surface area contributed by atoms with E-state index in [1.807, 2.05) is 55.4 Å². The van der Waals surface area contributed by atoms with Gasteiger partial charge in [-0.15, -0.1) is 0 Å². The van der Waals surface area contributed by atoms with Gasteiger partial charge in [0, 0.05) is 31.0 Å². The van der Waals surface area contributed by atoms with Crippen molar-refractivity contribution < 1.29 is 4.92 Å². The third kappa shape index (κ3) is 4.72. The molecular weight excluding hydrogens is 352 g/mol. The van der Waals surface area contributed by atoms with Crippen LogP contribution in [-0.2, 0) is 6.42 Å². The number of hydrogen-bond acceptors (Lipinski definition) is 5. The molecule has 0 bridgehead atoms. The lowest BCUT2D eigenvalue weighted by Gasteiger charge is -2.27. The maximum absolute atomic E-state index is 11.6. The maximum Gasteiger partial charge on any atom is 0.311 e. The van der Waals surface area contributed by atoms with Gasteiger partial charge in [0.2, 0.25) is 5.82 Å². The minimum atomic E-state index is -0.370. The van der Waals surface area contributed by atoms with Gasteiger partial charge in [-0.05, 0) is 43.8 Å². The van der Waals surface area contributed by atoms with E-state index in [1.54, 1.807) is 12.3 Å². The van der Waals surface area contributed by atoms with Crippen molar-refractivity contribution in [2.45, 2.75) is 6.42 Å². The summed E-state index contributed by atoms with van der Waals surface area (Å²) in [5.41, 5.74) is 3.25. The van der Waals surface area contributed by atoms with E-state index < -0.39 is 0 Å². The predicted octanol–water partition coefficient (Wildman–Crippen LogP) is 4.28. The molecule has 0 fully saturated rings. The van der Waals surface area contributed by atoms with Crippen LogP contribution in [0.4, 0.5) is 17.2 Å². The zero-order valence-electron chi connectivity index (χ0n) is 16.2. The molecule has 0 N–H and O–H groups in total. The van der Waals surface area contributed by atoms with E-state index in [0.717, 1.165) is 24.2 Å². The van der Waals surface area contributed by atoms with E-state index in [-0.39, 0.29) is 10.6 Å². The number of anilines is 2. The predicted molar refractivity (Wildman–Crippen MR) is 112 cm³/mol. The lowest BCUT2D eigenvalue weighted by Crippen LogP contribution is -2.30. The molecule has 6 heteroatoms. The van der Waals surface area contributed by atoms with E-state index in [4.69, 9.17) is 0 Å². The van der Waals surface area contributed by atoms with Gasteiger partial charge in [-0.2, -0.15) is 0 Å². The molecule has 0 aliphatic heterocycles. The molecule has 1 heterocycles. The van der Waals surface area contributed by atoms with Crippen molar-refractivity contribution >= 4 is 17.2 Å². The summed E-state index contributed by atoms with van der Waals surface area (Å²) in [5, 5.41) is 11.6. The van der Waals surface area contributed by atoms with E-state index >= 15 is 0 Å². The highest BCUT2D eigenvalue weighted by atomic mass is 16.6. The summed E-state index contributed by atoms with van der Waals surface area (Å²) in [4.78, 5) is 19.6. The second-order valence-corrected chi connectivity index (χ2v) is 6.85. The zero-order valence-corrected chi connectivity index (χ0v) is 16.2. The molecule has 0 atom stereocenters. The van der Waals surface area contributed by atoms with Crippen molar-refractivity contribution in [3.63, 3.8) is 0 Å². The molecule has 6 nitrogen and oxygen atoms in total. The van der Waals surface area contributed by atoms with E-state index in [9.17, 15) is 10.1 Å². The second-order valence-electron chi connectivity index (χ2n) is 6.85. The summed E-state index contributed by atoms with van der Waals surface area (Å²) >= 11 is 0. The molecule has 0 amide bonds. The Morgan fingerprint density at radius 3 is 2.36 bits per heavy atom. The lowest BCUT2D eigenvalue weighted by atomic mass is 10.0. The maximum atomic E-state index is 11.6. The Bertz CT molecular complexity index is 929. The minimum absolute atomic E-state index is 0.00997. The number of nitrogens with zero attached hydrogens (tertiary/aromatic N) is 4. The first-order chi connectivity index (χ1) is 13.6. The van der Waals surface area contributed by atoms with Gasteiger partial charge in [-0.3, -0.25) is 10.1 Å². The van der Waals surface area contributed by atoms with Crippen molar-refractivity contribution in [2.75, 3.05) is 32.1 Å². The summed E-state index contributed by atoms with van der Waals surface area (Å²) in [6.07, 6.45) is 2.35. The van der Waals surface area contributed by atoms with Crippen molar-refractivity contribution in [1.82, 2.24) is 9.88 Å². The molecule has 0 aliphatic carbocycles. The van der Waals surface area contributed by atoms with Crippen LogP contribution in [-0.4, -0.2) is 42.0 Å². The Morgan fingerprint density at radius 2 is 1.64 bits per heavy atom. The Morgan fingerprint density at radius 1 is 0.929 bits per heavy atom. The van der Waals surface area contributed by atoms with Crippen LogP contribution >= 0.6 is 0 Å². The summed E-state index contributed by atoms with van der Waals surface area (Å²) in [7, 11) is 3.97. The van der Waals surface area contributed by atoms with Crippen LogP contribution < -0.4 is 4.90 Å². The first-order valence-corrected chi connectivity index (χ1v) is 9.20. The molecule has 0 saturated carbocycles. The van der Waals surface area contributed by atoms with Gasteiger partial charge in [0.15, 0.2) is 0 Å². The highest BCUT2D eigenvalue weighted by molar-refractivity contribution is 5.71. The first-order valence-electron chi connectivity index (χ1n) is 9.20. The Balaban J connectivity index is 2.06. The average Bonchev–Trinajstić information content (AvgIpc) is 2.70. The van der Waals surface area contributed by atoms with Crippen LogP contribution in [0.1, 0.15) is 11.1 Å². The highest BCUT2D eigenvalue weighted by Gasteiger charge is 2.23. The SMILES string of the molecule is CN(C)CCN(c1ccccc1Cc1ccccc1)c1ncccc1[N+](=O)[O-]. The number of pyridine rings is 1. The fourth-order valence-corrected chi connectivity index (χ4v) is 3.12. The van der Waals surface area contributed by atoms with Gasteiger partial charge in [-0.1, -0.05) is 48.5 Å². The van der Waals surface area contributed by atoms with Gasteiger partial charge in [0.1, 0.15) is 0 Å². The number of hydrogen-bond donors (Lipinski definition) is 0. The van der Waals surface area contributed by atoms with Gasteiger partial charge in [0.25, 0.3) is 0 Å². The second kappa shape index (κ2) is 9.10. The van der Waals surface area contributed by atoms with Gasteiger partial charge in [-0.25, -0.2) is 4.98 Å². The summed E-state index contributed by atoms with van der Waals surface area (Å²) in [5.74, 6) is 0.370. The number of nitro groups is 1. The topological polar surface area (TPSA) is 62.5 Å². The van der Waals surface area contributed by atoms with Gasteiger partial charge >= 0.3 is 5.69 Å². The van der Waals surface area contributed by atoms with Crippen LogP contribution in [0.25, 0.3) is 0 Å². The van der Waals surface area contributed by atoms with Crippen LogP contribution in [0, 0.1) is 10.1 Å². The van der Waals surface area contributed by atoms with E-state index in [2.05, 4.69) is 28.1 Å². The average molecular weight is 376 g/mol. The van der Waals surface area contributed by atoms with Crippen LogP contribution in [0.5, 0.6) is 0 Å². The summed E-state index contributed by atoms with van der Waals surface area (Å²) < 4.78 is 0. The molecule has 0 aliphatic rings. The monoisotopic (exact) mass is 376 g/mol. The van der Waals surface area contributed by atoms with Crippen molar-refractivity contribution in [3.8, 4) is 0 Å². The Labute approximate surface area is 165 Å². The number of benzene rings is 2. The molecule has 28 heavy (non-hydrogen) atoms. The summed E-state index contributed by atoms with van der Waals surface area (Å²) in [6.45, 7) is 1.34. The zero-order chi connectivity index (χ0) is 19.9. The smallest absolute Gasteiger partial charge is 0.311 e. The number of para-hydroxylation sites is 1. The molecular formula is C22H24N4O2. The molecule has 3 rings (SSSR count). The largest absolute Gasteiger partial charge is 0.319 e. The third-order valence-electron chi connectivity index (χ3n) is 4.51. The molecule has 2 aromatic carbocycles. The van der Waals surface area contributed by atoms with Crippen molar-refractivity contribution in [3.05, 3.63) is 94.2 Å². The lowest BCUT2D eigenvalue weighted by molar-refractivity contribution is -0.384. The van der Waals surface area contributed by atoms with Crippen molar-refractivity contribution in [1.29, 1.82) is 0 Å². The minimum Gasteiger partial charge on any atom is -0.319 e. The van der Waals surface area contributed by atoms with Crippen molar-refractivity contribution in [2.24, 2.45) is 0 Å². The number of rotatable bonds is 8. The normalized spacial score (nSPS) is 10.8. The van der Waals surface area contributed by atoms with Crippen LogP contribution in [0.15, 0.2) is 72.9 Å². The first kappa shape index (κ1) is 19.5. The quantitative estimate of drug-likeness (QED) is 0.434. The van der Waals surface area contributed by atoms with Gasteiger partial charge in [0.05, 0.1) is 4.92 Å². The van der Waals surface area contributed by atoms with E-state index in [1.165, 1.54) is 11.6 Å². The fraction of sp³-hybridized carbons (Fsp3) is 0.227. The van der Waals surface area contributed by atoms with Crippen LogP contribution in [0.3, 0.4) is 0 Å². The number of aromatic nitrogens is 1. The number of likely N-dealkylation sites (N-methyl/N-ethyl adjacent to an activating group) is 1. The van der Waals surface area contributed by atoms with Crippen LogP contribution in [0.2, 0.25) is 0 Å². The molecule has 0 unspecified atom stereocenters. The molecule has 0 spiro atoms. The standard InChI is InChI=1S/C22H24N4O2/c1-24(2)15-16-25(22-21(26(27)28)13-8-14-23-22)20-12-7-6-11-19(20)17-18-9-4-3-5-10-18/h3-14H,15-17H2,1-2H3. The Hall–Kier alpha value is -3.25. The van der Waals surface area contributed by atoms with E-state index in [0.29, 0.717) is 12.4 Å². The highest BCUT2D eigenvalue weighted by Crippen LogP contribution is 2.34. The molecule has 3 aromatic rings. The Kier molecular flexibility index (Phi) is 6.34. The summed E-state index contributed by atoms with van der Waals surface area (Å²) in [6, 6.07) is 21.3. The van der Waals surface area contributed by atoms with Gasteiger partial charge < -0.3 is 9.80 Å². The molecule has 0 radical (unpaired) electrons. The molecule has 144 valence electrons. The fourth-order valence-electron chi connectivity index (χ4n) is 3.12. The molecule has 0 saturated heterocycles. The third-order valence-corrected chi connectivity index (χ3v) is 4.51. The molecule has 1 aromatic heterocycles.